The molecule has 11 heteroatoms. The first kappa shape index (κ1) is 18.1. The molecule has 0 radical (unpaired) electrons. The van der Waals surface area contributed by atoms with Crippen molar-refractivity contribution in [3.8, 4) is 22.9 Å². The topological polar surface area (TPSA) is 77.3 Å². The summed E-state index contributed by atoms with van der Waals surface area (Å²) in [7, 11) is 0. The molecule has 0 unspecified atom stereocenters. The van der Waals surface area contributed by atoms with E-state index in [9.17, 15) is 0 Å². The average molecular weight is 430 g/mol. The molecule has 0 spiro atoms. The third-order valence-electron chi connectivity index (χ3n) is 2.70. The number of aromatic nitrogens is 6. The number of nitrogens with zero attached hydrogens (tertiary/aromatic N) is 6. The van der Waals surface area contributed by atoms with Gasteiger partial charge in [0.15, 0.2) is 11.6 Å². The Hall–Kier alpha value is -1.71. The predicted octanol–water partition coefficient (Wildman–Crippen LogP) is 5.16. The molecule has 4 aromatic rings. The van der Waals surface area contributed by atoms with Crippen molar-refractivity contribution in [2.24, 2.45) is 0 Å². The van der Waals surface area contributed by atoms with Crippen LogP contribution >= 0.6 is 57.9 Å². The van der Waals surface area contributed by atoms with Gasteiger partial charge in [0.25, 0.3) is 0 Å². The van der Waals surface area contributed by atoms with Crippen LogP contribution < -0.4 is 0 Å². The first-order valence-corrected chi connectivity index (χ1v) is 9.30. The Balaban J connectivity index is 0.000000146. The molecule has 25 heavy (non-hydrogen) atoms. The van der Waals surface area contributed by atoms with Crippen molar-refractivity contribution in [1.82, 2.24) is 28.7 Å². The Morgan fingerprint density at radius 3 is 1.92 bits per heavy atom. The van der Waals surface area contributed by atoms with E-state index in [4.69, 9.17) is 34.8 Å². The number of hydrogen-bond acceptors (Lipinski definition) is 8. The molecule has 0 aliphatic carbocycles. The first-order chi connectivity index (χ1) is 12.1. The van der Waals surface area contributed by atoms with Crippen LogP contribution in [0.5, 0.6) is 0 Å². The van der Waals surface area contributed by atoms with Crippen molar-refractivity contribution >= 4 is 57.9 Å². The minimum Gasteiger partial charge on any atom is -0.265 e. The Morgan fingerprint density at radius 2 is 1.40 bits per heavy atom. The van der Waals surface area contributed by atoms with Crippen LogP contribution in [0.4, 0.5) is 0 Å². The Kier molecular flexibility index (Phi) is 6.22. The van der Waals surface area contributed by atoms with Crippen molar-refractivity contribution in [3.05, 3.63) is 56.8 Å². The second kappa shape index (κ2) is 8.59. The van der Waals surface area contributed by atoms with Crippen molar-refractivity contribution in [1.29, 1.82) is 0 Å². The molecule has 0 atom stereocenters. The van der Waals surface area contributed by atoms with Gasteiger partial charge < -0.3 is 0 Å². The van der Waals surface area contributed by atoms with Gasteiger partial charge in [-0.05, 0) is 70.5 Å². The molecule has 0 fully saturated rings. The molecule has 0 aliphatic heterocycles. The maximum absolute atomic E-state index is 5.68. The normalized spacial score (nSPS) is 10.2. The molecular formula is C14H7Cl3N6S2. The Labute approximate surface area is 165 Å². The van der Waals surface area contributed by atoms with Gasteiger partial charge >= 0.3 is 0 Å². The third kappa shape index (κ3) is 5.13. The summed E-state index contributed by atoms with van der Waals surface area (Å²) in [6.45, 7) is 0. The standard InChI is InChI=1S/C7H3Cl2N3S.C7H4ClN3S/c8-4-1-2-5(10-3-4)6-11-7(9)13-12-6;8-7-10-6(11-12-7)5-1-3-9-4-2-5/h1-3H;1-4H. The zero-order chi connectivity index (χ0) is 17.6. The van der Waals surface area contributed by atoms with Gasteiger partial charge in [0.1, 0.15) is 5.69 Å². The molecule has 0 N–H and O–H groups in total. The molecule has 0 aromatic carbocycles. The zero-order valence-corrected chi connectivity index (χ0v) is 16.1. The highest BCUT2D eigenvalue weighted by Gasteiger charge is 2.05. The van der Waals surface area contributed by atoms with Crippen LogP contribution in [0.2, 0.25) is 14.0 Å². The van der Waals surface area contributed by atoms with Gasteiger partial charge in [-0.25, -0.2) is 9.97 Å². The summed E-state index contributed by atoms with van der Waals surface area (Å²) in [6.07, 6.45) is 4.94. The van der Waals surface area contributed by atoms with Gasteiger partial charge in [0.05, 0.1) is 5.02 Å². The second-order valence-corrected chi connectivity index (χ2v) is 7.44. The van der Waals surface area contributed by atoms with Crippen LogP contribution in [0.25, 0.3) is 22.9 Å². The summed E-state index contributed by atoms with van der Waals surface area (Å²) in [4.78, 5) is 15.9. The molecule has 0 bridgehead atoms. The van der Waals surface area contributed by atoms with Gasteiger partial charge in [0.2, 0.25) is 8.93 Å². The summed E-state index contributed by atoms with van der Waals surface area (Å²) >= 11 is 19.3. The van der Waals surface area contributed by atoms with Crippen molar-refractivity contribution < 1.29 is 0 Å². The Bertz CT molecular complexity index is 943. The van der Waals surface area contributed by atoms with Gasteiger partial charge in [-0.3, -0.25) is 9.97 Å². The first-order valence-electron chi connectivity index (χ1n) is 6.62. The highest BCUT2D eigenvalue weighted by molar-refractivity contribution is 7.10. The number of halogens is 3. The fourth-order valence-electron chi connectivity index (χ4n) is 1.64. The molecular weight excluding hydrogens is 423 g/mol. The van der Waals surface area contributed by atoms with Crippen molar-refractivity contribution in [2.45, 2.75) is 0 Å². The SMILES string of the molecule is Clc1ccc(-c2nsc(Cl)n2)nc1.Clc1nc(-c2ccncc2)ns1. The highest BCUT2D eigenvalue weighted by atomic mass is 35.5. The molecule has 0 saturated heterocycles. The monoisotopic (exact) mass is 428 g/mol. The molecule has 6 nitrogen and oxygen atoms in total. The lowest BCUT2D eigenvalue weighted by molar-refractivity contribution is 1.23. The average Bonchev–Trinajstić information content (AvgIpc) is 3.26. The summed E-state index contributed by atoms with van der Waals surface area (Å²) in [5.74, 6) is 1.19. The highest BCUT2D eigenvalue weighted by Crippen LogP contribution is 2.20. The van der Waals surface area contributed by atoms with E-state index in [1.54, 1.807) is 30.7 Å². The number of pyridine rings is 2. The fraction of sp³-hybridized carbons (Fsp3) is 0. The van der Waals surface area contributed by atoms with Gasteiger partial charge in [-0.15, -0.1) is 0 Å². The van der Waals surface area contributed by atoms with Crippen LogP contribution in [0, 0.1) is 0 Å². The van der Waals surface area contributed by atoms with E-state index in [1.165, 1.54) is 11.5 Å². The molecule has 0 amide bonds. The van der Waals surface area contributed by atoms with E-state index in [-0.39, 0.29) is 0 Å². The minimum absolute atomic E-state index is 0.409. The Morgan fingerprint density at radius 1 is 0.760 bits per heavy atom. The largest absolute Gasteiger partial charge is 0.265 e. The van der Waals surface area contributed by atoms with E-state index >= 15 is 0 Å². The molecule has 4 rings (SSSR count). The molecule has 0 saturated carbocycles. The van der Waals surface area contributed by atoms with E-state index in [1.807, 2.05) is 12.1 Å². The minimum atomic E-state index is 0.409. The van der Waals surface area contributed by atoms with Gasteiger partial charge in [-0.1, -0.05) is 11.6 Å². The van der Waals surface area contributed by atoms with E-state index in [2.05, 4.69) is 28.7 Å². The van der Waals surface area contributed by atoms with Crippen LogP contribution in [0.1, 0.15) is 0 Å². The molecule has 126 valence electrons. The predicted molar refractivity (Wildman–Crippen MR) is 101 cm³/mol. The number of rotatable bonds is 2. The van der Waals surface area contributed by atoms with E-state index in [0.717, 1.165) is 17.1 Å². The summed E-state index contributed by atoms with van der Waals surface area (Å²) in [6, 6.07) is 7.18. The molecule has 4 aromatic heterocycles. The lowest BCUT2D eigenvalue weighted by Gasteiger charge is -1.92. The van der Waals surface area contributed by atoms with Crippen molar-refractivity contribution in [3.63, 3.8) is 0 Å². The summed E-state index contributed by atoms with van der Waals surface area (Å²) < 4.78 is 8.93. The van der Waals surface area contributed by atoms with Crippen LogP contribution in [-0.2, 0) is 0 Å². The van der Waals surface area contributed by atoms with Crippen molar-refractivity contribution in [2.75, 3.05) is 0 Å². The lowest BCUT2D eigenvalue weighted by Crippen LogP contribution is -1.83. The maximum Gasteiger partial charge on any atom is 0.203 e. The van der Waals surface area contributed by atoms with Crippen LogP contribution in [0.3, 0.4) is 0 Å². The van der Waals surface area contributed by atoms with Crippen LogP contribution in [0.15, 0.2) is 42.9 Å². The van der Waals surface area contributed by atoms with Gasteiger partial charge in [-0.2, -0.15) is 8.75 Å². The van der Waals surface area contributed by atoms with Gasteiger partial charge in [0, 0.05) is 24.2 Å². The van der Waals surface area contributed by atoms with E-state index in [0.29, 0.717) is 31.3 Å². The zero-order valence-electron chi connectivity index (χ0n) is 12.2. The maximum atomic E-state index is 5.68. The summed E-state index contributed by atoms with van der Waals surface area (Å²) in [5.41, 5.74) is 1.61. The fourth-order valence-corrected chi connectivity index (χ4v) is 2.98. The molecule has 0 aliphatic rings. The number of hydrogen-bond donors (Lipinski definition) is 0. The summed E-state index contributed by atoms with van der Waals surface area (Å²) in [5, 5.41) is 0.588. The van der Waals surface area contributed by atoms with E-state index < -0.39 is 0 Å². The third-order valence-corrected chi connectivity index (χ3v) is 4.52. The quantitative estimate of drug-likeness (QED) is 0.438. The van der Waals surface area contributed by atoms with Crippen LogP contribution in [-0.4, -0.2) is 28.7 Å². The molecule has 4 heterocycles. The smallest absolute Gasteiger partial charge is 0.203 e. The lowest BCUT2D eigenvalue weighted by atomic mass is 10.3. The second-order valence-electron chi connectivity index (χ2n) is 4.34.